The summed E-state index contributed by atoms with van der Waals surface area (Å²) in [4.78, 5) is 23.7. The van der Waals surface area contributed by atoms with Gasteiger partial charge in [0.25, 0.3) is 0 Å². The highest BCUT2D eigenvalue weighted by molar-refractivity contribution is 5.93. The van der Waals surface area contributed by atoms with Gasteiger partial charge in [-0.1, -0.05) is 30.9 Å². The van der Waals surface area contributed by atoms with E-state index in [1.54, 1.807) is 30.3 Å². The van der Waals surface area contributed by atoms with Crippen LogP contribution in [0.4, 0.5) is 18.9 Å². The van der Waals surface area contributed by atoms with Crippen LogP contribution in [-0.2, 0) is 15.8 Å². The summed E-state index contributed by atoms with van der Waals surface area (Å²) in [6.07, 6.45) is -1.90. The fraction of sp³-hybridized carbons (Fsp3) is 0.190. The molecule has 0 fully saturated rings. The Morgan fingerprint density at radius 2 is 1.80 bits per heavy atom. The number of alkyl halides is 3. The second-order valence-corrected chi connectivity index (χ2v) is 6.06. The summed E-state index contributed by atoms with van der Waals surface area (Å²) in [5.74, 6) is -0.539. The number of ether oxygens (including phenoxy) is 1. The topological polar surface area (TPSA) is 79.8 Å². The van der Waals surface area contributed by atoms with Crippen LogP contribution in [0.5, 0.6) is 5.75 Å². The number of anilines is 1. The number of rotatable bonds is 9. The molecule has 6 nitrogen and oxygen atoms in total. The zero-order valence-electron chi connectivity index (χ0n) is 15.9. The molecule has 0 aliphatic heterocycles. The van der Waals surface area contributed by atoms with Gasteiger partial charge in [0.15, 0.2) is 0 Å². The second kappa shape index (κ2) is 10.8. The average Bonchev–Trinajstić information content (AvgIpc) is 2.71. The van der Waals surface area contributed by atoms with E-state index in [9.17, 15) is 22.8 Å². The van der Waals surface area contributed by atoms with Crippen molar-refractivity contribution < 1.29 is 27.5 Å². The summed E-state index contributed by atoms with van der Waals surface area (Å²) >= 11 is 0. The molecule has 0 saturated carbocycles. The standard InChI is InChI=1S/C21H20F3N3O3/c1-2-12-30-18-9-4-3-6-15(18)14-25-27-20(29)11-10-19(28)26-17-8-5-7-16(13-17)21(22,23)24/h2-9,13-14H,1,10-12H2,(H,26,28)(H,27,29). The molecular weight excluding hydrogens is 399 g/mol. The van der Waals surface area contributed by atoms with E-state index in [1.807, 2.05) is 0 Å². The summed E-state index contributed by atoms with van der Waals surface area (Å²) < 4.78 is 43.5. The van der Waals surface area contributed by atoms with Crippen LogP contribution >= 0.6 is 0 Å². The lowest BCUT2D eigenvalue weighted by atomic mass is 10.2. The number of carbonyl (C=O) groups is 2. The first-order chi connectivity index (χ1) is 14.3. The summed E-state index contributed by atoms with van der Waals surface area (Å²) in [5, 5.41) is 6.16. The molecule has 0 spiro atoms. The zero-order valence-corrected chi connectivity index (χ0v) is 15.9. The molecule has 0 aromatic heterocycles. The second-order valence-electron chi connectivity index (χ2n) is 6.06. The zero-order chi connectivity index (χ0) is 22.0. The molecule has 0 radical (unpaired) electrons. The molecule has 0 atom stereocenters. The van der Waals surface area contributed by atoms with Crippen molar-refractivity contribution in [1.29, 1.82) is 0 Å². The number of carbonyl (C=O) groups excluding carboxylic acids is 2. The molecule has 0 bridgehead atoms. The maximum atomic E-state index is 12.7. The molecule has 0 saturated heterocycles. The summed E-state index contributed by atoms with van der Waals surface area (Å²) in [5.41, 5.74) is 2.06. The van der Waals surface area contributed by atoms with Crippen LogP contribution in [0.2, 0.25) is 0 Å². The van der Waals surface area contributed by atoms with Crippen LogP contribution < -0.4 is 15.5 Å². The van der Waals surface area contributed by atoms with Crippen molar-refractivity contribution >= 4 is 23.7 Å². The number of hydrogen-bond acceptors (Lipinski definition) is 4. The predicted molar refractivity (Wildman–Crippen MR) is 107 cm³/mol. The first-order valence-electron chi connectivity index (χ1n) is 8.91. The highest BCUT2D eigenvalue weighted by Gasteiger charge is 2.30. The van der Waals surface area contributed by atoms with E-state index in [0.717, 1.165) is 12.1 Å². The quantitative estimate of drug-likeness (QED) is 0.364. The van der Waals surface area contributed by atoms with Crippen LogP contribution in [0.3, 0.4) is 0 Å². The largest absolute Gasteiger partial charge is 0.489 e. The van der Waals surface area contributed by atoms with Crippen molar-refractivity contribution in [3.63, 3.8) is 0 Å². The number of amides is 2. The van der Waals surface area contributed by atoms with E-state index >= 15 is 0 Å². The Balaban J connectivity index is 1.82. The van der Waals surface area contributed by atoms with Gasteiger partial charge in [-0.05, 0) is 30.3 Å². The van der Waals surface area contributed by atoms with Gasteiger partial charge < -0.3 is 10.1 Å². The van der Waals surface area contributed by atoms with E-state index in [0.29, 0.717) is 17.9 Å². The number of nitrogens with zero attached hydrogens (tertiary/aromatic N) is 1. The predicted octanol–water partition coefficient (Wildman–Crippen LogP) is 4.14. The third-order valence-electron chi connectivity index (χ3n) is 3.72. The van der Waals surface area contributed by atoms with Gasteiger partial charge in [0.1, 0.15) is 12.4 Å². The van der Waals surface area contributed by atoms with Crippen molar-refractivity contribution in [3.8, 4) is 5.75 Å². The monoisotopic (exact) mass is 419 g/mol. The van der Waals surface area contributed by atoms with E-state index < -0.39 is 23.6 Å². The molecular formula is C21H20F3N3O3. The van der Waals surface area contributed by atoms with Gasteiger partial charge >= 0.3 is 6.18 Å². The first-order valence-corrected chi connectivity index (χ1v) is 8.91. The Bertz CT molecular complexity index is 927. The Morgan fingerprint density at radius 3 is 2.53 bits per heavy atom. The van der Waals surface area contributed by atoms with Crippen molar-refractivity contribution in [2.45, 2.75) is 19.0 Å². The van der Waals surface area contributed by atoms with Gasteiger partial charge in [-0.2, -0.15) is 18.3 Å². The molecule has 30 heavy (non-hydrogen) atoms. The Labute approximate surface area is 171 Å². The normalized spacial score (nSPS) is 11.2. The molecule has 0 aliphatic carbocycles. The minimum absolute atomic E-state index is 0.00406. The van der Waals surface area contributed by atoms with Crippen molar-refractivity contribution in [3.05, 3.63) is 72.3 Å². The SMILES string of the molecule is C=CCOc1ccccc1C=NNC(=O)CCC(=O)Nc1cccc(C(F)(F)F)c1. The van der Waals surface area contributed by atoms with E-state index in [2.05, 4.69) is 22.4 Å². The average molecular weight is 419 g/mol. The lowest BCUT2D eigenvalue weighted by Gasteiger charge is -2.09. The number of hydrogen-bond donors (Lipinski definition) is 2. The van der Waals surface area contributed by atoms with Crippen LogP contribution in [0.15, 0.2) is 66.3 Å². The minimum atomic E-state index is -4.51. The summed E-state index contributed by atoms with van der Waals surface area (Å²) in [7, 11) is 0. The van der Waals surface area contributed by atoms with Crippen LogP contribution in [0.1, 0.15) is 24.0 Å². The van der Waals surface area contributed by atoms with E-state index in [-0.39, 0.29) is 18.5 Å². The molecule has 0 aliphatic rings. The molecule has 0 unspecified atom stereocenters. The van der Waals surface area contributed by atoms with Gasteiger partial charge in [-0.3, -0.25) is 9.59 Å². The lowest BCUT2D eigenvalue weighted by Crippen LogP contribution is -2.20. The molecule has 2 rings (SSSR count). The Kier molecular flexibility index (Phi) is 8.16. The number of nitrogens with one attached hydrogen (secondary N) is 2. The smallest absolute Gasteiger partial charge is 0.416 e. The maximum absolute atomic E-state index is 12.7. The minimum Gasteiger partial charge on any atom is -0.489 e. The molecule has 158 valence electrons. The number of halogens is 3. The third-order valence-corrected chi connectivity index (χ3v) is 3.72. The van der Waals surface area contributed by atoms with Crippen molar-refractivity contribution in [1.82, 2.24) is 5.43 Å². The Morgan fingerprint density at radius 1 is 1.07 bits per heavy atom. The van der Waals surface area contributed by atoms with Gasteiger partial charge in [-0.15, -0.1) is 0 Å². The number of para-hydroxylation sites is 1. The highest BCUT2D eigenvalue weighted by atomic mass is 19.4. The first kappa shape index (κ1) is 22.7. The van der Waals surface area contributed by atoms with Gasteiger partial charge in [0.2, 0.25) is 11.8 Å². The summed E-state index contributed by atoms with van der Waals surface area (Å²) in [6, 6.07) is 11.3. The Hall–Kier alpha value is -3.62. The molecule has 0 heterocycles. The van der Waals surface area contributed by atoms with E-state index in [1.165, 1.54) is 18.3 Å². The van der Waals surface area contributed by atoms with Gasteiger partial charge in [0, 0.05) is 24.1 Å². The molecule has 2 aromatic rings. The van der Waals surface area contributed by atoms with Crippen molar-refractivity contribution in [2.24, 2.45) is 5.10 Å². The fourth-order valence-electron chi connectivity index (χ4n) is 2.32. The van der Waals surface area contributed by atoms with Crippen LogP contribution in [0, 0.1) is 0 Å². The number of benzene rings is 2. The number of hydrazone groups is 1. The molecule has 2 aromatic carbocycles. The summed E-state index contributed by atoms with van der Waals surface area (Å²) in [6.45, 7) is 3.89. The van der Waals surface area contributed by atoms with Crippen LogP contribution in [0.25, 0.3) is 0 Å². The molecule has 2 amide bonds. The highest BCUT2D eigenvalue weighted by Crippen LogP contribution is 2.30. The van der Waals surface area contributed by atoms with Crippen molar-refractivity contribution in [2.75, 3.05) is 11.9 Å². The lowest BCUT2D eigenvalue weighted by molar-refractivity contribution is -0.137. The van der Waals surface area contributed by atoms with Gasteiger partial charge in [0.05, 0.1) is 11.8 Å². The van der Waals surface area contributed by atoms with Crippen LogP contribution in [-0.4, -0.2) is 24.6 Å². The van der Waals surface area contributed by atoms with Gasteiger partial charge in [-0.25, -0.2) is 5.43 Å². The third kappa shape index (κ3) is 7.42. The van der Waals surface area contributed by atoms with E-state index in [4.69, 9.17) is 4.74 Å². The molecule has 9 heteroatoms. The maximum Gasteiger partial charge on any atom is 0.416 e. The fourth-order valence-corrected chi connectivity index (χ4v) is 2.32. The molecule has 2 N–H and O–H groups in total.